The average molecular weight is 216 g/mol. The Hall–Kier alpha value is -0.770. The largest absolute Gasteiger partial charge is 0.444 e. The first-order chi connectivity index (χ1) is 6.70. The van der Waals surface area contributed by atoms with E-state index in [9.17, 15) is 4.79 Å². The first-order valence-electron chi connectivity index (χ1n) is 5.46. The maximum absolute atomic E-state index is 11.3. The number of hydrogen-bond donors (Lipinski definition) is 2. The molecule has 0 spiro atoms. The van der Waals surface area contributed by atoms with Crippen LogP contribution in [0.5, 0.6) is 0 Å². The first-order valence-corrected chi connectivity index (χ1v) is 5.46. The minimum atomic E-state index is -0.440. The number of hydrogen-bond acceptors (Lipinski definition) is 3. The zero-order valence-corrected chi connectivity index (χ0v) is 10.5. The summed E-state index contributed by atoms with van der Waals surface area (Å²) < 4.78 is 5.13. The van der Waals surface area contributed by atoms with Crippen molar-refractivity contribution in [3.63, 3.8) is 0 Å². The molecule has 1 unspecified atom stereocenters. The first kappa shape index (κ1) is 14.2. The highest BCUT2D eigenvalue weighted by molar-refractivity contribution is 5.67. The molecule has 3 N–H and O–H groups in total. The molecule has 0 bridgehead atoms. The third kappa shape index (κ3) is 9.53. The zero-order chi connectivity index (χ0) is 12.1. The van der Waals surface area contributed by atoms with Gasteiger partial charge in [0.2, 0.25) is 0 Å². The van der Waals surface area contributed by atoms with E-state index in [1.807, 2.05) is 34.6 Å². The van der Waals surface area contributed by atoms with Gasteiger partial charge < -0.3 is 15.8 Å². The highest BCUT2D eigenvalue weighted by atomic mass is 16.6. The summed E-state index contributed by atoms with van der Waals surface area (Å²) in [5, 5.41) is 2.78. The van der Waals surface area contributed by atoms with Gasteiger partial charge in [0.05, 0.1) is 0 Å². The van der Waals surface area contributed by atoms with Crippen LogP contribution in [0, 0.1) is 0 Å². The molecule has 4 heteroatoms. The average Bonchev–Trinajstić information content (AvgIpc) is 1.96. The number of ether oxygens (including phenoxy) is 1. The number of carbonyl (C=O) groups excluding carboxylic acids is 1. The van der Waals surface area contributed by atoms with Gasteiger partial charge in [-0.1, -0.05) is 0 Å². The van der Waals surface area contributed by atoms with E-state index < -0.39 is 5.60 Å². The molecule has 0 radical (unpaired) electrons. The Morgan fingerprint density at radius 2 is 1.87 bits per heavy atom. The van der Waals surface area contributed by atoms with Crippen molar-refractivity contribution in [2.45, 2.75) is 65.1 Å². The van der Waals surface area contributed by atoms with Crippen LogP contribution in [0.25, 0.3) is 0 Å². The van der Waals surface area contributed by atoms with Gasteiger partial charge in [-0.15, -0.1) is 0 Å². The van der Waals surface area contributed by atoms with E-state index in [1.54, 1.807) is 0 Å². The quantitative estimate of drug-likeness (QED) is 0.755. The van der Waals surface area contributed by atoms with E-state index in [2.05, 4.69) is 5.32 Å². The minimum Gasteiger partial charge on any atom is -0.444 e. The van der Waals surface area contributed by atoms with Gasteiger partial charge in [0.25, 0.3) is 0 Å². The predicted octanol–water partition coefficient (Wildman–Crippen LogP) is 2.03. The molecule has 2 atom stereocenters. The molecule has 0 aromatic carbocycles. The van der Waals surface area contributed by atoms with E-state index in [4.69, 9.17) is 10.5 Å². The molecule has 0 aliphatic heterocycles. The van der Waals surface area contributed by atoms with Gasteiger partial charge in [-0.05, 0) is 47.5 Å². The van der Waals surface area contributed by atoms with E-state index in [0.717, 1.165) is 12.8 Å². The molecule has 4 nitrogen and oxygen atoms in total. The van der Waals surface area contributed by atoms with Gasteiger partial charge >= 0.3 is 6.09 Å². The Bertz CT molecular complexity index is 197. The molecule has 1 amide bonds. The van der Waals surface area contributed by atoms with E-state index in [-0.39, 0.29) is 18.2 Å². The molecule has 0 aliphatic rings. The fraction of sp³-hybridized carbons (Fsp3) is 0.909. The second-order valence-corrected chi connectivity index (χ2v) is 5.10. The summed E-state index contributed by atoms with van der Waals surface area (Å²) in [5.74, 6) is 0. The van der Waals surface area contributed by atoms with Crippen molar-refractivity contribution in [2.24, 2.45) is 5.73 Å². The summed E-state index contributed by atoms with van der Waals surface area (Å²) in [5.41, 5.74) is 5.19. The predicted molar refractivity (Wildman–Crippen MR) is 61.7 cm³/mol. The summed E-state index contributed by atoms with van der Waals surface area (Å²) in [7, 11) is 0. The van der Waals surface area contributed by atoms with Gasteiger partial charge in [0.15, 0.2) is 0 Å². The van der Waals surface area contributed by atoms with Crippen LogP contribution in [0.1, 0.15) is 47.5 Å². The molecule has 15 heavy (non-hydrogen) atoms. The van der Waals surface area contributed by atoms with E-state index in [0.29, 0.717) is 0 Å². The zero-order valence-electron chi connectivity index (χ0n) is 10.5. The molecular formula is C11H24N2O2. The Kier molecular flexibility index (Phi) is 5.65. The number of amides is 1. The highest BCUT2D eigenvalue weighted by Crippen LogP contribution is 2.07. The van der Waals surface area contributed by atoms with Gasteiger partial charge in [0, 0.05) is 12.1 Å². The smallest absolute Gasteiger partial charge is 0.407 e. The standard InChI is InChI=1S/C11H24N2O2/c1-8(12)6-7-9(2)13-10(14)15-11(3,4)5/h8-9H,6-7,12H2,1-5H3,(H,13,14)/t8?,9-/m1/s1. The molecule has 0 heterocycles. The van der Waals surface area contributed by atoms with Crippen molar-refractivity contribution in [2.75, 3.05) is 0 Å². The SMILES string of the molecule is CC(N)CC[C@@H](C)NC(=O)OC(C)(C)C. The summed E-state index contributed by atoms with van der Waals surface area (Å²) in [4.78, 5) is 11.3. The Balaban J connectivity index is 3.77. The number of nitrogens with two attached hydrogens (primary N) is 1. The Labute approximate surface area is 92.6 Å². The summed E-state index contributed by atoms with van der Waals surface area (Å²) in [6.45, 7) is 9.45. The van der Waals surface area contributed by atoms with Crippen molar-refractivity contribution in [3.05, 3.63) is 0 Å². The van der Waals surface area contributed by atoms with Crippen molar-refractivity contribution in [1.29, 1.82) is 0 Å². The third-order valence-corrected chi connectivity index (χ3v) is 1.82. The minimum absolute atomic E-state index is 0.103. The maximum Gasteiger partial charge on any atom is 0.407 e. The fourth-order valence-electron chi connectivity index (χ4n) is 1.09. The number of carbonyl (C=O) groups is 1. The maximum atomic E-state index is 11.3. The van der Waals surface area contributed by atoms with Crippen LogP contribution in [0.2, 0.25) is 0 Å². The van der Waals surface area contributed by atoms with Crippen LogP contribution >= 0.6 is 0 Å². The number of nitrogens with one attached hydrogen (secondary N) is 1. The summed E-state index contributed by atoms with van der Waals surface area (Å²) in [6.07, 6.45) is 1.41. The number of alkyl carbamates (subject to hydrolysis) is 1. The van der Waals surface area contributed by atoms with Gasteiger partial charge in [-0.3, -0.25) is 0 Å². The second kappa shape index (κ2) is 5.95. The second-order valence-electron chi connectivity index (χ2n) is 5.10. The lowest BCUT2D eigenvalue weighted by molar-refractivity contribution is 0.0505. The van der Waals surface area contributed by atoms with Crippen molar-refractivity contribution in [3.8, 4) is 0 Å². The molecule has 0 aliphatic carbocycles. The van der Waals surface area contributed by atoms with Crippen molar-refractivity contribution < 1.29 is 9.53 Å². The van der Waals surface area contributed by atoms with Crippen LogP contribution in [0.4, 0.5) is 4.79 Å². The van der Waals surface area contributed by atoms with Crippen LogP contribution in [0.3, 0.4) is 0 Å². The third-order valence-electron chi connectivity index (χ3n) is 1.82. The van der Waals surface area contributed by atoms with E-state index in [1.165, 1.54) is 0 Å². The van der Waals surface area contributed by atoms with Crippen LogP contribution < -0.4 is 11.1 Å². The van der Waals surface area contributed by atoms with Gasteiger partial charge in [-0.25, -0.2) is 4.79 Å². The van der Waals surface area contributed by atoms with Crippen LogP contribution in [-0.2, 0) is 4.74 Å². The summed E-state index contributed by atoms with van der Waals surface area (Å²) >= 11 is 0. The summed E-state index contributed by atoms with van der Waals surface area (Å²) in [6, 6.07) is 0.277. The molecule has 0 fully saturated rings. The fourth-order valence-corrected chi connectivity index (χ4v) is 1.09. The Morgan fingerprint density at radius 3 is 2.27 bits per heavy atom. The molecule has 0 saturated carbocycles. The van der Waals surface area contributed by atoms with Crippen LogP contribution in [-0.4, -0.2) is 23.8 Å². The Morgan fingerprint density at radius 1 is 1.33 bits per heavy atom. The lowest BCUT2D eigenvalue weighted by Gasteiger charge is -2.22. The lowest BCUT2D eigenvalue weighted by Crippen LogP contribution is -2.38. The molecule has 90 valence electrons. The highest BCUT2D eigenvalue weighted by Gasteiger charge is 2.17. The van der Waals surface area contributed by atoms with E-state index >= 15 is 0 Å². The van der Waals surface area contributed by atoms with Gasteiger partial charge in [-0.2, -0.15) is 0 Å². The van der Waals surface area contributed by atoms with Gasteiger partial charge in [0.1, 0.15) is 5.60 Å². The number of rotatable bonds is 4. The molecular weight excluding hydrogens is 192 g/mol. The molecule has 0 rings (SSSR count). The molecule has 0 saturated heterocycles. The van der Waals surface area contributed by atoms with Crippen LogP contribution in [0.15, 0.2) is 0 Å². The molecule has 0 aromatic rings. The van der Waals surface area contributed by atoms with Crippen molar-refractivity contribution in [1.82, 2.24) is 5.32 Å². The van der Waals surface area contributed by atoms with Crippen molar-refractivity contribution >= 4 is 6.09 Å². The monoisotopic (exact) mass is 216 g/mol. The lowest BCUT2D eigenvalue weighted by atomic mass is 10.1. The topological polar surface area (TPSA) is 64.3 Å². The normalized spacial score (nSPS) is 15.6. The molecule has 0 aromatic heterocycles.